The van der Waals surface area contributed by atoms with Gasteiger partial charge in [0.2, 0.25) is 0 Å². The van der Waals surface area contributed by atoms with Crippen LogP contribution < -0.4 is 20.7 Å². The van der Waals surface area contributed by atoms with Gasteiger partial charge in [-0.3, -0.25) is 4.90 Å². The van der Waals surface area contributed by atoms with Crippen LogP contribution >= 0.6 is 18.5 Å². The standard InChI is InChI=1S/C31H38F4N3O4PS/c1-41-19-20(39)17-38-14-12-25(24(32)18-38)37-27-8-5-7-22-23(16-31(33,34)35)29(44-30(22)27)9-6-13-36-26-11-10-21(43(3,4)40)15-28(26)42-2/h5,7-8,10-11,15,20,24-25,36-37,39H,12-14,16-19H2,1-4H3/t20?,24-,25?/m0/s1. The van der Waals surface area contributed by atoms with Crippen molar-refractivity contribution in [2.45, 2.75) is 37.3 Å². The molecule has 2 aromatic carbocycles. The molecular weight excluding hydrogens is 617 g/mol. The molecule has 7 nitrogen and oxygen atoms in total. The summed E-state index contributed by atoms with van der Waals surface area (Å²) in [5.41, 5.74) is 1.28. The summed E-state index contributed by atoms with van der Waals surface area (Å²) in [4.78, 5) is 2.14. The van der Waals surface area contributed by atoms with Crippen LogP contribution in [0.5, 0.6) is 5.75 Å². The Labute approximate surface area is 259 Å². The molecular formula is C31H38F4N3O4PS. The molecule has 2 heterocycles. The first-order chi connectivity index (χ1) is 20.8. The first-order valence-corrected chi connectivity index (χ1v) is 17.6. The highest BCUT2D eigenvalue weighted by Gasteiger charge is 2.33. The number of aliphatic hydroxyl groups excluding tert-OH is 1. The number of fused-ring (bicyclic) bond motifs is 1. The number of likely N-dealkylation sites (tertiary alicyclic amines) is 1. The SMILES string of the molecule is COCC(O)CN1CCC(Nc2cccc3c(CC(F)(F)F)c(C#CCNc4ccc(P(C)(C)=O)cc4OC)sc23)[C@@H](F)C1. The van der Waals surface area contributed by atoms with E-state index in [0.717, 1.165) is 11.3 Å². The number of piperidine rings is 1. The number of benzene rings is 2. The number of hydrogen-bond donors (Lipinski definition) is 3. The lowest BCUT2D eigenvalue weighted by Gasteiger charge is -2.36. The van der Waals surface area contributed by atoms with E-state index in [0.29, 0.717) is 56.9 Å². The van der Waals surface area contributed by atoms with E-state index in [-0.39, 0.29) is 25.3 Å². The molecule has 1 saturated heterocycles. The summed E-state index contributed by atoms with van der Waals surface area (Å²) in [5, 5.41) is 17.5. The Morgan fingerprint density at radius 1 is 1.20 bits per heavy atom. The predicted molar refractivity (Wildman–Crippen MR) is 170 cm³/mol. The van der Waals surface area contributed by atoms with Gasteiger partial charge in [-0.1, -0.05) is 24.0 Å². The van der Waals surface area contributed by atoms with Gasteiger partial charge in [-0.15, -0.1) is 11.3 Å². The van der Waals surface area contributed by atoms with Gasteiger partial charge in [0.1, 0.15) is 19.1 Å². The Morgan fingerprint density at radius 3 is 2.64 bits per heavy atom. The third-order valence-electron chi connectivity index (χ3n) is 7.37. The molecule has 0 bridgehead atoms. The molecule has 0 radical (unpaired) electrons. The molecule has 3 N–H and O–H groups in total. The average Bonchev–Trinajstić information content (AvgIpc) is 3.28. The summed E-state index contributed by atoms with van der Waals surface area (Å²) in [7, 11) is 0.508. The fraction of sp³-hybridized carbons (Fsp3) is 0.484. The minimum Gasteiger partial charge on any atom is -0.495 e. The number of hydrogen-bond acceptors (Lipinski definition) is 8. The molecule has 1 aromatic heterocycles. The molecule has 44 heavy (non-hydrogen) atoms. The molecule has 3 aromatic rings. The van der Waals surface area contributed by atoms with E-state index in [2.05, 4.69) is 22.5 Å². The van der Waals surface area contributed by atoms with Gasteiger partial charge in [0.25, 0.3) is 0 Å². The third kappa shape index (κ3) is 8.89. The van der Waals surface area contributed by atoms with Crippen LogP contribution in [0.1, 0.15) is 16.9 Å². The Balaban J connectivity index is 1.54. The van der Waals surface area contributed by atoms with Crippen molar-refractivity contribution >= 4 is 45.2 Å². The molecule has 4 rings (SSSR count). The number of nitrogens with zero attached hydrogens (tertiary/aromatic N) is 1. The van der Waals surface area contributed by atoms with Crippen molar-refractivity contribution in [2.24, 2.45) is 0 Å². The van der Waals surface area contributed by atoms with Crippen LogP contribution in [0.2, 0.25) is 0 Å². The highest BCUT2D eigenvalue weighted by molar-refractivity contribution is 7.70. The number of methoxy groups -OCH3 is 2. The zero-order valence-electron chi connectivity index (χ0n) is 25.1. The van der Waals surface area contributed by atoms with Gasteiger partial charge in [0, 0.05) is 32.0 Å². The number of anilines is 2. The van der Waals surface area contributed by atoms with Gasteiger partial charge < -0.3 is 29.8 Å². The van der Waals surface area contributed by atoms with Crippen molar-refractivity contribution in [3.8, 4) is 17.6 Å². The van der Waals surface area contributed by atoms with Crippen molar-refractivity contribution in [1.82, 2.24) is 4.90 Å². The zero-order chi connectivity index (χ0) is 32.1. The summed E-state index contributed by atoms with van der Waals surface area (Å²) < 4.78 is 79.5. The Bertz CT molecular complexity index is 1550. The van der Waals surface area contributed by atoms with Gasteiger partial charge in [-0.25, -0.2) is 4.39 Å². The number of ether oxygens (including phenoxy) is 2. The molecule has 1 fully saturated rings. The largest absolute Gasteiger partial charge is 0.495 e. The first kappa shape index (κ1) is 34.1. The second kappa shape index (κ2) is 14.5. The Kier molecular flexibility index (Phi) is 11.2. The number of alkyl halides is 4. The quantitative estimate of drug-likeness (QED) is 0.142. The number of halogens is 4. The van der Waals surface area contributed by atoms with Gasteiger partial charge >= 0.3 is 6.18 Å². The van der Waals surface area contributed by atoms with Crippen LogP contribution in [0.15, 0.2) is 36.4 Å². The molecule has 240 valence electrons. The van der Waals surface area contributed by atoms with Crippen LogP contribution in [-0.4, -0.2) is 94.8 Å². The maximum absolute atomic E-state index is 15.2. The summed E-state index contributed by atoms with van der Waals surface area (Å²) in [5.74, 6) is 6.34. The van der Waals surface area contributed by atoms with E-state index in [1.807, 2.05) is 4.90 Å². The maximum atomic E-state index is 15.2. The normalized spacial score (nSPS) is 18.5. The predicted octanol–water partition coefficient (Wildman–Crippen LogP) is 5.56. The van der Waals surface area contributed by atoms with E-state index in [1.54, 1.807) is 49.7 Å². The van der Waals surface area contributed by atoms with E-state index < -0.39 is 38.1 Å². The molecule has 13 heteroatoms. The smallest absolute Gasteiger partial charge is 0.393 e. The lowest BCUT2D eigenvalue weighted by atomic mass is 10.0. The van der Waals surface area contributed by atoms with Crippen LogP contribution in [0.3, 0.4) is 0 Å². The van der Waals surface area contributed by atoms with Gasteiger partial charge in [-0.2, -0.15) is 13.2 Å². The summed E-state index contributed by atoms with van der Waals surface area (Å²) in [6.07, 6.45) is -7.05. The van der Waals surface area contributed by atoms with Gasteiger partial charge in [0.05, 0.1) is 59.8 Å². The van der Waals surface area contributed by atoms with Crippen LogP contribution in [0.4, 0.5) is 28.9 Å². The van der Waals surface area contributed by atoms with Gasteiger partial charge in [0.15, 0.2) is 0 Å². The maximum Gasteiger partial charge on any atom is 0.393 e. The molecule has 0 amide bonds. The van der Waals surface area contributed by atoms with Crippen molar-refractivity contribution in [3.05, 3.63) is 46.8 Å². The summed E-state index contributed by atoms with van der Waals surface area (Å²) in [6.45, 7) is 4.63. The van der Waals surface area contributed by atoms with E-state index in [1.165, 1.54) is 14.2 Å². The average molecular weight is 656 g/mol. The van der Waals surface area contributed by atoms with Crippen molar-refractivity contribution < 1.29 is 36.7 Å². The van der Waals surface area contributed by atoms with Crippen LogP contribution in [-0.2, 0) is 15.7 Å². The number of rotatable bonds is 11. The zero-order valence-corrected chi connectivity index (χ0v) is 26.8. The van der Waals surface area contributed by atoms with Crippen molar-refractivity contribution in [1.29, 1.82) is 0 Å². The topological polar surface area (TPSA) is 83.1 Å². The van der Waals surface area contributed by atoms with Crippen molar-refractivity contribution in [3.63, 3.8) is 0 Å². The Morgan fingerprint density at radius 2 is 1.98 bits per heavy atom. The van der Waals surface area contributed by atoms with E-state index >= 15 is 4.39 Å². The number of nitrogens with one attached hydrogen (secondary N) is 2. The molecule has 3 atom stereocenters. The number of aliphatic hydroxyl groups is 1. The second-order valence-corrected chi connectivity index (χ2v) is 15.4. The summed E-state index contributed by atoms with van der Waals surface area (Å²) in [6, 6.07) is 9.72. The lowest BCUT2D eigenvalue weighted by Crippen LogP contribution is -2.50. The molecule has 2 unspecified atom stereocenters. The molecule has 1 aliphatic rings. The minimum atomic E-state index is -4.44. The van der Waals surface area contributed by atoms with Crippen molar-refractivity contribution in [2.75, 3.05) is 71.0 Å². The lowest BCUT2D eigenvalue weighted by molar-refractivity contribution is -0.126. The second-order valence-electron chi connectivity index (χ2n) is 11.2. The molecule has 1 aliphatic heterocycles. The first-order valence-electron chi connectivity index (χ1n) is 14.2. The summed E-state index contributed by atoms with van der Waals surface area (Å²) >= 11 is 1.15. The van der Waals surface area contributed by atoms with E-state index in [4.69, 9.17) is 9.47 Å². The Hall–Kier alpha value is -2.81. The third-order valence-corrected chi connectivity index (χ3v) is 10.1. The van der Waals surface area contributed by atoms with Gasteiger partial charge in [-0.05, 0) is 55.0 Å². The monoisotopic (exact) mass is 655 g/mol. The number of thiophene rings is 1. The molecule has 0 spiro atoms. The minimum absolute atomic E-state index is 0.0935. The highest BCUT2D eigenvalue weighted by Crippen LogP contribution is 2.40. The van der Waals surface area contributed by atoms with Crippen LogP contribution in [0.25, 0.3) is 10.1 Å². The molecule has 0 aliphatic carbocycles. The fourth-order valence-electron chi connectivity index (χ4n) is 5.22. The molecule has 0 saturated carbocycles. The highest BCUT2D eigenvalue weighted by atomic mass is 32.1. The van der Waals surface area contributed by atoms with E-state index in [9.17, 15) is 22.8 Å². The van der Waals surface area contributed by atoms with Crippen LogP contribution in [0, 0.1) is 11.8 Å². The fourth-order valence-corrected chi connectivity index (χ4v) is 7.26. The number of β-amino-alcohol motifs (C(OH)–C–C–N with tert-alkyl or cyclic N) is 1.